The molecule has 2 aromatic carbocycles. The number of nitrogens with zero attached hydrogens (tertiary/aromatic N) is 2. The molecule has 0 fully saturated rings. The van der Waals surface area contributed by atoms with Gasteiger partial charge in [0.25, 0.3) is 5.69 Å². The first kappa shape index (κ1) is 15.9. The molecule has 0 atom stereocenters. The van der Waals surface area contributed by atoms with Crippen LogP contribution in [0, 0.1) is 20.2 Å². The van der Waals surface area contributed by atoms with Crippen molar-refractivity contribution in [3.8, 4) is 11.5 Å². The van der Waals surface area contributed by atoms with Gasteiger partial charge in [-0.2, -0.15) is 0 Å². The van der Waals surface area contributed by atoms with E-state index in [4.69, 9.17) is 4.74 Å². The lowest BCUT2D eigenvalue weighted by Gasteiger charge is -2.07. The zero-order valence-electron chi connectivity index (χ0n) is 11.8. The van der Waals surface area contributed by atoms with Crippen LogP contribution in [-0.2, 0) is 4.74 Å². The summed E-state index contributed by atoms with van der Waals surface area (Å²) in [6.07, 6.45) is 0. The number of nitro groups is 2. The molecular formula is C14H10N2O7. The molecule has 0 saturated carbocycles. The Morgan fingerprint density at radius 1 is 1.04 bits per heavy atom. The van der Waals surface area contributed by atoms with Gasteiger partial charge in [0.15, 0.2) is 0 Å². The lowest BCUT2D eigenvalue weighted by atomic mass is 10.2. The van der Waals surface area contributed by atoms with E-state index >= 15 is 0 Å². The van der Waals surface area contributed by atoms with Gasteiger partial charge < -0.3 is 9.47 Å². The summed E-state index contributed by atoms with van der Waals surface area (Å²) in [7, 11) is 1.17. The molecule has 0 aliphatic carbocycles. The summed E-state index contributed by atoms with van der Waals surface area (Å²) >= 11 is 0. The average Bonchev–Trinajstić information content (AvgIpc) is 2.54. The fourth-order valence-corrected chi connectivity index (χ4v) is 1.78. The van der Waals surface area contributed by atoms with Gasteiger partial charge in [-0.1, -0.05) is 6.07 Å². The molecule has 0 aliphatic heterocycles. The second kappa shape index (κ2) is 6.52. The van der Waals surface area contributed by atoms with Crippen LogP contribution in [0.1, 0.15) is 10.4 Å². The third-order valence-electron chi connectivity index (χ3n) is 2.83. The molecule has 9 nitrogen and oxygen atoms in total. The first-order valence-corrected chi connectivity index (χ1v) is 6.21. The Hall–Kier alpha value is -3.49. The van der Waals surface area contributed by atoms with Gasteiger partial charge in [-0.05, 0) is 12.1 Å². The van der Waals surface area contributed by atoms with Crippen molar-refractivity contribution in [1.29, 1.82) is 0 Å². The van der Waals surface area contributed by atoms with Gasteiger partial charge in [-0.25, -0.2) is 4.79 Å². The molecular weight excluding hydrogens is 308 g/mol. The van der Waals surface area contributed by atoms with Crippen molar-refractivity contribution in [1.82, 2.24) is 0 Å². The van der Waals surface area contributed by atoms with Crippen molar-refractivity contribution >= 4 is 17.3 Å². The second-order valence-corrected chi connectivity index (χ2v) is 4.29. The van der Waals surface area contributed by atoms with Crippen molar-refractivity contribution in [2.75, 3.05) is 7.11 Å². The number of hydrogen-bond donors (Lipinski definition) is 0. The van der Waals surface area contributed by atoms with Gasteiger partial charge in [-0.3, -0.25) is 20.2 Å². The summed E-state index contributed by atoms with van der Waals surface area (Å²) in [6.45, 7) is 0. The third-order valence-corrected chi connectivity index (χ3v) is 2.83. The Morgan fingerprint density at radius 3 is 2.39 bits per heavy atom. The van der Waals surface area contributed by atoms with E-state index in [0.29, 0.717) is 0 Å². The highest BCUT2D eigenvalue weighted by Gasteiger charge is 2.20. The van der Waals surface area contributed by atoms with E-state index in [1.807, 2.05) is 0 Å². The molecule has 0 heterocycles. The van der Waals surface area contributed by atoms with E-state index in [9.17, 15) is 25.0 Å². The van der Waals surface area contributed by atoms with Crippen molar-refractivity contribution < 1.29 is 24.1 Å². The van der Waals surface area contributed by atoms with Crippen LogP contribution in [0.5, 0.6) is 11.5 Å². The van der Waals surface area contributed by atoms with Gasteiger partial charge in [0.05, 0.1) is 28.6 Å². The predicted molar refractivity (Wildman–Crippen MR) is 77.6 cm³/mol. The molecule has 0 saturated heterocycles. The lowest BCUT2D eigenvalue weighted by molar-refractivity contribution is -0.386. The Kier molecular flexibility index (Phi) is 4.50. The number of carbonyl (C=O) groups is 1. The largest absolute Gasteiger partial charge is 0.465 e. The Balaban J connectivity index is 2.44. The molecule has 0 amide bonds. The van der Waals surface area contributed by atoms with Crippen molar-refractivity contribution in [2.24, 2.45) is 0 Å². The van der Waals surface area contributed by atoms with Crippen LogP contribution in [0.25, 0.3) is 0 Å². The monoisotopic (exact) mass is 318 g/mol. The number of benzene rings is 2. The van der Waals surface area contributed by atoms with Crippen molar-refractivity contribution in [3.63, 3.8) is 0 Å². The third kappa shape index (κ3) is 3.59. The minimum atomic E-state index is -0.691. The number of rotatable bonds is 5. The maximum Gasteiger partial charge on any atom is 0.337 e. The molecule has 2 rings (SSSR count). The normalized spacial score (nSPS) is 9.96. The number of hydrogen-bond acceptors (Lipinski definition) is 7. The number of methoxy groups -OCH3 is 1. The highest BCUT2D eigenvalue weighted by Crippen LogP contribution is 2.33. The van der Waals surface area contributed by atoms with Crippen LogP contribution in [0.15, 0.2) is 42.5 Å². The van der Waals surface area contributed by atoms with E-state index in [1.54, 1.807) is 0 Å². The van der Waals surface area contributed by atoms with Gasteiger partial charge in [-0.15, -0.1) is 0 Å². The summed E-state index contributed by atoms with van der Waals surface area (Å²) in [4.78, 5) is 32.0. The quantitative estimate of drug-likeness (QED) is 0.471. The molecule has 2 aromatic rings. The Morgan fingerprint density at radius 2 is 1.78 bits per heavy atom. The number of nitro benzene ring substituents is 2. The number of esters is 1. The Bertz CT molecular complexity index is 788. The number of non-ortho nitro benzene ring substituents is 1. The van der Waals surface area contributed by atoms with Crippen molar-refractivity contribution in [3.05, 3.63) is 68.3 Å². The standard InChI is InChI=1S/C14H10N2O7/c1-22-14(17)9-5-6-12(16(20)21)13(7-9)23-11-4-2-3-10(8-11)15(18)19/h2-8H,1H3. The molecule has 0 aromatic heterocycles. The van der Waals surface area contributed by atoms with Crippen molar-refractivity contribution in [2.45, 2.75) is 0 Å². The molecule has 118 valence electrons. The molecule has 0 radical (unpaired) electrons. The molecule has 0 aliphatic rings. The number of ether oxygens (including phenoxy) is 2. The average molecular weight is 318 g/mol. The second-order valence-electron chi connectivity index (χ2n) is 4.29. The fraction of sp³-hybridized carbons (Fsp3) is 0.0714. The smallest absolute Gasteiger partial charge is 0.337 e. The SMILES string of the molecule is COC(=O)c1ccc([N+](=O)[O-])c(Oc2cccc([N+](=O)[O-])c2)c1. The zero-order valence-corrected chi connectivity index (χ0v) is 11.8. The van der Waals surface area contributed by atoms with Crippen LogP contribution in [0.2, 0.25) is 0 Å². The van der Waals surface area contributed by atoms with E-state index in [1.165, 1.54) is 31.4 Å². The Labute approximate surface area is 129 Å². The summed E-state index contributed by atoms with van der Waals surface area (Å²) in [5, 5.41) is 21.8. The van der Waals surface area contributed by atoms with Crippen LogP contribution < -0.4 is 4.74 Å². The van der Waals surface area contributed by atoms with Gasteiger partial charge in [0, 0.05) is 18.2 Å². The van der Waals surface area contributed by atoms with E-state index in [0.717, 1.165) is 18.2 Å². The summed E-state index contributed by atoms with van der Waals surface area (Å²) in [5.74, 6) is -0.883. The summed E-state index contributed by atoms with van der Waals surface area (Å²) in [6, 6.07) is 8.62. The summed E-state index contributed by atoms with van der Waals surface area (Å²) < 4.78 is 9.88. The van der Waals surface area contributed by atoms with Gasteiger partial charge >= 0.3 is 11.7 Å². The minimum absolute atomic E-state index is 0.0318. The van der Waals surface area contributed by atoms with E-state index in [2.05, 4.69) is 4.74 Å². The van der Waals surface area contributed by atoms with E-state index < -0.39 is 15.8 Å². The highest BCUT2D eigenvalue weighted by molar-refractivity contribution is 5.90. The van der Waals surface area contributed by atoms with Crippen LogP contribution >= 0.6 is 0 Å². The minimum Gasteiger partial charge on any atom is -0.465 e. The maximum absolute atomic E-state index is 11.5. The lowest BCUT2D eigenvalue weighted by Crippen LogP contribution is -2.02. The molecule has 0 bridgehead atoms. The van der Waals surface area contributed by atoms with Crippen LogP contribution in [0.4, 0.5) is 11.4 Å². The van der Waals surface area contributed by atoms with Crippen LogP contribution in [-0.4, -0.2) is 22.9 Å². The number of carbonyl (C=O) groups excluding carboxylic acids is 1. The van der Waals surface area contributed by atoms with Gasteiger partial charge in [0.1, 0.15) is 5.75 Å². The maximum atomic E-state index is 11.5. The van der Waals surface area contributed by atoms with Crippen LogP contribution in [0.3, 0.4) is 0 Å². The van der Waals surface area contributed by atoms with Gasteiger partial charge in [0.2, 0.25) is 5.75 Å². The highest BCUT2D eigenvalue weighted by atomic mass is 16.6. The summed E-state index contributed by atoms with van der Waals surface area (Å²) in [5.41, 5.74) is -0.558. The fourth-order valence-electron chi connectivity index (χ4n) is 1.78. The topological polar surface area (TPSA) is 122 Å². The van der Waals surface area contributed by atoms with E-state index in [-0.39, 0.29) is 28.4 Å². The molecule has 9 heteroatoms. The molecule has 0 unspecified atom stereocenters. The zero-order chi connectivity index (χ0) is 17.0. The molecule has 23 heavy (non-hydrogen) atoms. The molecule has 0 N–H and O–H groups in total. The first-order chi connectivity index (χ1) is 10.9. The first-order valence-electron chi connectivity index (χ1n) is 6.21. The predicted octanol–water partition coefficient (Wildman–Crippen LogP) is 3.08. The molecule has 0 spiro atoms.